The predicted molar refractivity (Wildman–Crippen MR) is 202 cm³/mol. The van der Waals surface area contributed by atoms with E-state index in [9.17, 15) is 28.8 Å². The van der Waals surface area contributed by atoms with Gasteiger partial charge in [-0.05, 0) is 62.5 Å². The van der Waals surface area contributed by atoms with Crippen LogP contribution in [0.2, 0.25) is 0 Å². The van der Waals surface area contributed by atoms with Gasteiger partial charge in [-0.25, -0.2) is 9.59 Å². The Hall–Kier alpha value is -4.94. The average molecular weight is 738 g/mol. The van der Waals surface area contributed by atoms with E-state index >= 15 is 0 Å². The van der Waals surface area contributed by atoms with Crippen molar-refractivity contribution in [2.75, 3.05) is 7.11 Å². The van der Waals surface area contributed by atoms with Gasteiger partial charge in [0.2, 0.25) is 23.6 Å². The summed E-state index contributed by atoms with van der Waals surface area (Å²) in [7, 11) is 1.24. The van der Waals surface area contributed by atoms with Crippen molar-refractivity contribution in [2.24, 2.45) is 11.8 Å². The van der Waals surface area contributed by atoms with E-state index in [-0.39, 0.29) is 50.5 Å². The third-order valence-electron chi connectivity index (χ3n) is 9.15. The van der Waals surface area contributed by atoms with Gasteiger partial charge in [-0.15, -0.1) is 0 Å². The fourth-order valence-electron chi connectivity index (χ4n) is 5.46. The molecule has 5 amide bonds. The van der Waals surface area contributed by atoms with Gasteiger partial charge in [0.1, 0.15) is 35.8 Å². The van der Waals surface area contributed by atoms with Crippen LogP contribution in [0.3, 0.4) is 0 Å². The molecule has 2 rings (SSSR count). The van der Waals surface area contributed by atoms with Crippen LogP contribution in [-0.4, -0.2) is 72.0 Å². The molecule has 13 heteroatoms. The number of amides is 5. The summed E-state index contributed by atoms with van der Waals surface area (Å²) in [6, 6.07) is 15.2. The first-order chi connectivity index (χ1) is 25.0. The Morgan fingerprint density at radius 3 is 1.45 bits per heavy atom. The van der Waals surface area contributed by atoms with Gasteiger partial charge in [-0.2, -0.15) is 0 Å². The number of carbonyl (C=O) groups excluding carboxylic acids is 6. The van der Waals surface area contributed by atoms with Crippen LogP contribution in [0, 0.1) is 11.8 Å². The summed E-state index contributed by atoms with van der Waals surface area (Å²) in [5.74, 6) is -3.03. The highest BCUT2D eigenvalue weighted by atomic mass is 16.5. The molecule has 0 saturated carbocycles. The van der Waals surface area contributed by atoms with Crippen molar-refractivity contribution in [3.8, 4) is 0 Å². The van der Waals surface area contributed by atoms with Gasteiger partial charge in [0.25, 0.3) is 0 Å². The van der Waals surface area contributed by atoms with Crippen LogP contribution in [0.15, 0.2) is 60.7 Å². The molecular weight excluding hydrogens is 678 g/mol. The molecule has 0 saturated heterocycles. The molecule has 0 aliphatic rings. The maximum absolute atomic E-state index is 13.9. The fourth-order valence-corrected chi connectivity index (χ4v) is 5.46. The third-order valence-corrected chi connectivity index (χ3v) is 9.15. The summed E-state index contributed by atoms with van der Waals surface area (Å²) >= 11 is 0. The van der Waals surface area contributed by atoms with Crippen molar-refractivity contribution in [1.82, 2.24) is 26.6 Å². The predicted octanol–water partition coefficient (Wildman–Crippen LogP) is 4.33. The molecule has 13 nitrogen and oxygen atoms in total. The summed E-state index contributed by atoms with van der Waals surface area (Å²) in [6.07, 6.45) is 0.267. The Kier molecular flexibility index (Phi) is 17.5. The topological polar surface area (TPSA) is 181 Å². The van der Waals surface area contributed by atoms with Gasteiger partial charge >= 0.3 is 12.1 Å². The molecule has 0 aliphatic heterocycles. The third kappa shape index (κ3) is 14.2. The standard InChI is InChI=1S/C40H59N5O8/c1-10-39(7,45-34(47)31(23-27(5)6)43-38(51)53-25-29-20-16-13-17-21-29)36(49)41-30(22-26(3)4)33(46)44-40(8,11-2)37(50)42-32(35(48)52-9)24-28-18-14-12-15-19-28/h12-21,26-27,30-32H,10-11,22-25H2,1-9H3,(H,41,49)(H,42,50)(H,43,51)(H,44,46)(H,45,47)/t30-,31-,32-,39-,40-/m0/s1. The SMILES string of the molecule is CC[C@](C)(NC(=O)[C@H](CC(C)C)NC(=O)OCc1ccccc1)C(=O)N[C@@H](CC(C)C)C(=O)N[C@@](C)(CC)C(=O)N[C@@H](Cc1ccccc1)C(=O)OC. The van der Waals surface area contributed by atoms with Gasteiger partial charge in [0.15, 0.2) is 0 Å². The number of hydrogen-bond donors (Lipinski definition) is 5. The lowest BCUT2D eigenvalue weighted by atomic mass is 9.93. The van der Waals surface area contributed by atoms with E-state index in [4.69, 9.17) is 9.47 Å². The summed E-state index contributed by atoms with van der Waals surface area (Å²) < 4.78 is 10.3. The van der Waals surface area contributed by atoms with E-state index in [1.165, 1.54) is 7.11 Å². The van der Waals surface area contributed by atoms with E-state index in [1.807, 2.05) is 88.4 Å². The average Bonchev–Trinajstić information content (AvgIpc) is 3.12. The van der Waals surface area contributed by atoms with Crippen molar-refractivity contribution in [3.05, 3.63) is 71.8 Å². The zero-order valence-electron chi connectivity index (χ0n) is 32.7. The molecule has 5 atom stereocenters. The second kappa shape index (κ2) is 20.9. The van der Waals surface area contributed by atoms with Gasteiger partial charge in [0, 0.05) is 6.42 Å². The molecule has 0 heterocycles. The first-order valence-electron chi connectivity index (χ1n) is 18.3. The van der Waals surface area contributed by atoms with Crippen molar-refractivity contribution < 1.29 is 38.2 Å². The van der Waals surface area contributed by atoms with Gasteiger partial charge < -0.3 is 36.1 Å². The summed E-state index contributed by atoms with van der Waals surface area (Å²) in [5.41, 5.74) is -1.32. The Labute approximate surface area is 314 Å². The fraction of sp³-hybridized carbons (Fsp3) is 0.550. The number of carbonyl (C=O) groups is 6. The lowest BCUT2D eigenvalue weighted by Crippen LogP contribution is -2.65. The molecule has 0 unspecified atom stereocenters. The number of benzene rings is 2. The Morgan fingerprint density at radius 2 is 1.04 bits per heavy atom. The Bertz CT molecular complexity index is 1520. The molecule has 292 valence electrons. The summed E-state index contributed by atoms with van der Waals surface area (Å²) in [5, 5.41) is 13.8. The molecule has 0 aliphatic carbocycles. The molecule has 0 aromatic heterocycles. The lowest BCUT2D eigenvalue weighted by Gasteiger charge is -2.35. The molecule has 0 bridgehead atoms. The zero-order valence-corrected chi connectivity index (χ0v) is 32.7. The number of methoxy groups -OCH3 is 1. The van der Waals surface area contributed by atoms with Crippen LogP contribution < -0.4 is 26.6 Å². The number of rotatable bonds is 20. The van der Waals surface area contributed by atoms with Crippen LogP contribution in [0.25, 0.3) is 0 Å². The minimum Gasteiger partial charge on any atom is -0.467 e. The normalized spacial score (nSPS) is 15.1. The second-order valence-electron chi connectivity index (χ2n) is 14.6. The van der Waals surface area contributed by atoms with E-state index < -0.39 is 64.9 Å². The largest absolute Gasteiger partial charge is 0.467 e. The summed E-state index contributed by atoms with van der Waals surface area (Å²) in [4.78, 5) is 80.4. The molecule has 2 aromatic carbocycles. The number of nitrogens with one attached hydrogen (secondary N) is 5. The number of hydrogen-bond acceptors (Lipinski definition) is 8. The monoisotopic (exact) mass is 737 g/mol. The maximum atomic E-state index is 13.9. The maximum Gasteiger partial charge on any atom is 0.408 e. The van der Waals surface area contributed by atoms with Crippen LogP contribution >= 0.6 is 0 Å². The quantitative estimate of drug-likeness (QED) is 0.125. The van der Waals surface area contributed by atoms with E-state index in [1.54, 1.807) is 27.7 Å². The second-order valence-corrected chi connectivity index (χ2v) is 14.6. The Balaban J connectivity index is 2.20. The first kappa shape index (κ1) is 44.2. The van der Waals surface area contributed by atoms with E-state index in [2.05, 4.69) is 26.6 Å². The highest BCUT2D eigenvalue weighted by Crippen LogP contribution is 2.17. The Morgan fingerprint density at radius 1 is 0.623 bits per heavy atom. The molecule has 2 aromatic rings. The van der Waals surface area contributed by atoms with Gasteiger partial charge in [-0.3, -0.25) is 19.2 Å². The number of ether oxygens (including phenoxy) is 2. The number of esters is 1. The van der Waals surface area contributed by atoms with E-state index in [0.717, 1.165) is 11.1 Å². The van der Waals surface area contributed by atoms with E-state index in [0.29, 0.717) is 0 Å². The minimum absolute atomic E-state index is 0.0207. The minimum atomic E-state index is -1.46. The molecule has 0 spiro atoms. The first-order valence-corrected chi connectivity index (χ1v) is 18.3. The molecule has 53 heavy (non-hydrogen) atoms. The molecule has 0 radical (unpaired) electrons. The molecule has 0 fully saturated rings. The van der Waals surface area contributed by atoms with Crippen molar-refractivity contribution in [1.29, 1.82) is 0 Å². The van der Waals surface area contributed by atoms with Crippen molar-refractivity contribution in [3.63, 3.8) is 0 Å². The van der Waals surface area contributed by atoms with Gasteiger partial charge in [0.05, 0.1) is 7.11 Å². The summed E-state index contributed by atoms with van der Waals surface area (Å²) in [6.45, 7) is 14.2. The lowest BCUT2D eigenvalue weighted by molar-refractivity contribution is -0.146. The van der Waals surface area contributed by atoms with Crippen LogP contribution in [-0.2, 0) is 46.5 Å². The van der Waals surface area contributed by atoms with Crippen LogP contribution in [0.4, 0.5) is 4.79 Å². The van der Waals surface area contributed by atoms with Gasteiger partial charge in [-0.1, -0.05) is 102 Å². The van der Waals surface area contributed by atoms with Crippen LogP contribution in [0.5, 0.6) is 0 Å². The van der Waals surface area contributed by atoms with Crippen molar-refractivity contribution >= 4 is 35.7 Å². The molecular formula is C40H59N5O8. The smallest absolute Gasteiger partial charge is 0.408 e. The van der Waals surface area contributed by atoms with Crippen LogP contribution in [0.1, 0.15) is 92.2 Å². The molecule has 5 N–H and O–H groups in total. The zero-order chi connectivity index (χ0) is 39.8. The highest BCUT2D eigenvalue weighted by Gasteiger charge is 2.41. The number of alkyl carbamates (subject to hydrolysis) is 1. The van der Waals surface area contributed by atoms with Crippen molar-refractivity contribution in [2.45, 2.75) is 123 Å². The highest BCUT2D eigenvalue weighted by molar-refractivity contribution is 5.98.